The fourth-order valence-electron chi connectivity index (χ4n) is 8.63. The van der Waals surface area contributed by atoms with E-state index >= 15 is 0 Å². The summed E-state index contributed by atoms with van der Waals surface area (Å²) in [5.41, 5.74) is 5.42. The summed E-state index contributed by atoms with van der Waals surface area (Å²) in [5.74, 6) is 0.928. The number of ether oxygens (including phenoxy) is 3. The number of benzene rings is 2. The van der Waals surface area contributed by atoms with Crippen molar-refractivity contribution in [2.24, 2.45) is 11.8 Å². The van der Waals surface area contributed by atoms with Crippen LogP contribution in [0, 0.1) is 11.8 Å². The van der Waals surface area contributed by atoms with E-state index < -0.39 is 23.8 Å². The Labute approximate surface area is 336 Å². The van der Waals surface area contributed by atoms with Crippen molar-refractivity contribution in [3.05, 3.63) is 84.2 Å². The molecule has 1 aliphatic carbocycles. The molecule has 1 saturated carbocycles. The summed E-state index contributed by atoms with van der Waals surface area (Å²) in [4.78, 5) is 72.3. The fraction of sp³-hybridized carbons (Fsp3) is 0.442. The molecule has 2 bridgehead atoms. The number of nitrogens with zero attached hydrogens (tertiary/aromatic N) is 4. The van der Waals surface area contributed by atoms with Gasteiger partial charge in [-0.25, -0.2) is 19.6 Å². The maximum atomic E-state index is 14.1. The van der Waals surface area contributed by atoms with Crippen LogP contribution in [0.15, 0.2) is 66.9 Å². The van der Waals surface area contributed by atoms with E-state index in [1.54, 1.807) is 11.1 Å². The minimum Gasteiger partial charge on any atom is -0.453 e. The summed E-state index contributed by atoms with van der Waals surface area (Å²) in [6.07, 6.45) is 8.14. The lowest BCUT2D eigenvalue weighted by molar-refractivity contribution is -0.136. The van der Waals surface area contributed by atoms with Gasteiger partial charge in [0.2, 0.25) is 11.8 Å². The average molecular weight is 791 g/mol. The number of alkyl carbamates (subject to hydrolysis) is 2. The van der Waals surface area contributed by atoms with E-state index in [-0.39, 0.29) is 35.7 Å². The first-order valence-corrected chi connectivity index (χ1v) is 20.0. The van der Waals surface area contributed by atoms with E-state index in [4.69, 9.17) is 19.2 Å². The van der Waals surface area contributed by atoms with Crippen LogP contribution in [0.1, 0.15) is 75.4 Å². The Kier molecular flexibility index (Phi) is 10.8. The molecule has 0 radical (unpaired) electrons. The SMILES string of the molecule is COC(=O)N[C@H](C(=O)N1CCC[C@H]1c1ncc(-c2ccc(-c3ccc(-c4nc5[nH]c4COC/C=C/C4C[C@@]4(NC(=O)OC)C(=O)N4CCC[C@@H]54)cc3)cc2)[nH]1)C(C)C. The molecule has 4 N–H and O–H groups in total. The molecule has 3 aliphatic heterocycles. The quantitative estimate of drug-likeness (QED) is 0.155. The second-order valence-electron chi connectivity index (χ2n) is 15.8. The zero-order valence-electron chi connectivity index (χ0n) is 33.2. The molecule has 15 nitrogen and oxygen atoms in total. The maximum Gasteiger partial charge on any atom is 0.407 e. The highest BCUT2D eigenvalue weighted by Crippen LogP contribution is 2.49. The third-order valence-corrected chi connectivity index (χ3v) is 11.9. The molecule has 2 aromatic carbocycles. The number of rotatable bonds is 8. The Morgan fingerprint density at radius 1 is 0.879 bits per heavy atom. The number of methoxy groups -OCH3 is 2. The molecule has 4 aliphatic rings. The Morgan fingerprint density at radius 2 is 1.55 bits per heavy atom. The Morgan fingerprint density at radius 3 is 2.26 bits per heavy atom. The van der Waals surface area contributed by atoms with E-state index in [9.17, 15) is 19.2 Å². The topological polar surface area (TPSA) is 184 Å². The lowest BCUT2D eigenvalue weighted by Crippen LogP contribution is -2.51. The lowest BCUT2D eigenvalue weighted by atomic mass is 10.0. The van der Waals surface area contributed by atoms with E-state index in [0.29, 0.717) is 38.5 Å². The molecule has 4 aromatic rings. The van der Waals surface area contributed by atoms with Crippen LogP contribution in [0.25, 0.3) is 33.6 Å². The largest absolute Gasteiger partial charge is 0.453 e. The number of amides is 4. The van der Waals surface area contributed by atoms with Crippen LogP contribution in [-0.4, -0.2) is 99.2 Å². The van der Waals surface area contributed by atoms with Gasteiger partial charge in [0.05, 0.1) is 62.8 Å². The van der Waals surface area contributed by atoms with Crippen molar-refractivity contribution in [3.63, 3.8) is 0 Å². The average Bonchev–Trinajstić information content (AvgIpc) is 3.87. The predicted octanol–water partition coefficient (Wildman–Crippen LogP) is 6.04. The number of hydrogen-bond donors (Lipinski definition) is 4. The molecule has 3 fully saturated rings. The Hall–Kier alpha value is -5.96. The zero-order valence-corrected chi connectivity index (χ0v) is 33.2. The molecule has 4 amide bonds. The van der Waals surface area contributed by atoms with Crippen LogP contribution >= 0.6 is 0 Å². The van der Waals surface area contributed by atoms with E-state index in [2.05, 4.69) is 74.1 Å². The number of carbonyl (C=O) groups is 4. The molecule has 58 heavy (non-hydrogen) atoms. The van der Waals surface area contributed by atoms with Gasteiger partial charge in [-0.15, -0.1) is 0 Å². The molecule has 2 saturated heterocycles. The van der Waals surface area contributed by atoms with Crippen LogP contribution in [-0.2, 0) is 30.4 Å². The molecule has 304 valence electrons. The van der Waals surface area contributed by atoms with Crippen LogP contribution < -0.4 is 10.6 Å². The molecule has 0 spiro atoms. The molecule has 1 unspecified atom stereocenters. The summed E-state index contributed by atoms with van der Waals surface area (Å²) in [7, 11) is 2.59. The first-order chi connectivity index (χ1) is 28.1. The second kappa shape index (κ2) is 16.1. The maximum absolute atomic E-state index is 14.1. The lowest BCUT2D eigenvalue weighted by Gasteiger charge is -2.30. The van der Waals surface area contributed by atoms with Crippen molar-refractivity contribution >= 4 is 24.0 Å². The van der Waals surface area contributed by atoms with Gasteiger partial charge in [-0.05, 0) is 54.7 Å². The summed E-state index contributed by atoms with van der Waals surface area (Å²) < 4.78 is 15.7. The van der Waals surface area contributed by atoms with E-state index in [1.165, 1.54) is 14.2 Å². The first kappa shape index (κ1) is 38.9. The Bertz CT molecular complexity index is 2200. The number of carbonyl (C=O) groups excluding carboxylic acids is 4. The highest BCUT2D eigenvalue weighted by molar-refractivity contribution is 5.94. The number of imidazole rings is 2. The summed E-state index contributed by atoms with van der Waals surface area (Å²) in [5, 5.41) is 5.54. The van der Waals surface area contributed by atoms with Crippen LogP contribution in [0.3, 0.4) is 0 Å². The van der Waals surface area contributed by atoms with Crippen molar-refractivity contribution in [2.75, 3.05) is 33.9 Å². The second-order valence-corrected chi connectivity index (χ2v) is 15.8. The van der Waals surface area contributed by atoms with Gasteiger partial charge >= 0.3 is 12.2 Å². The highest BCUT2D eigenvalue weighted by Gasteiger charge is 2.62. The zero-order chi connectivity index (χ0) is 40.6. The molecule has 15 heteroatoms. The van der Waals surface area contributed by atoms with Gasteiger partial charge in [-0.3, -0.25) is 9.59 Å². The van der Waals surface area contributed by atoms with Crippen LogP contribution in [0.5, 0.6) is 0 Å². The third-order valence-electron chi connectivity index (χ3n) is 11.9. The number of nitrogens with one attached hydrogen (secondary N) is 4. The van der Waals surface area contributed by atoms with E-state index in [0.717, 1.165) is 70.8 Å². The number of fused-ring (bicyclic) bond motifs is 5. The number of aromatic nitrogens is 4. The Balaban J connectivity index is 0.976. The van der Waals surface area contributed by atoms with Crippen molar-refractivity contribution in [1.29, 1.82) is 0 Å². The van der Waals surface area contributed by atoms with Gasteiger partial charge in [-0.2, -0.15) is 0 Å². The van der Waals surface area contributed by atoms with Gasteiger partial charge in [0.25, 0.3) is 0 Å². The first-order valence-electron chi connectivity index (χ1n) is 20.0. The molecule has 8 rings (SSSR count). The van der Waals surface area contributed by atoms with Crippen LogP contribution in [0.2, 0.25) is 0 Å². The third kappa shape index (κ3) is 7.46. The van der Waals surface area contributed by atoms with Crippen molar-refractivity contribution in [1.82, 2.24) is 40.4 Å². The minimum absolute atomic E-state index is 0.110. The van der Waals surface area contributed by atoms with Gasteiger partial charge in [0, 0.05) is 24.6 Å². The van der Waals surface area contributed by atoms with Gasteiger partial charge < -0.3 is 44.6 Å². The van der Waals surface area contributed by atoms with Crippen molar-refractivity contribution in [2.45, 2.75) is 76.2 Å². The minimum atomic E-state index is -1.03. The van der Waals surface area contributed by atoms with Crippen LogP contribution in [0.4, 0.5) is 9.59 Å². The molecule has 2 aromatic heterocycles. The molecular formula is C43H50N8O7. The van der Waals surface area contributed by atoms with Gasteiger partial charge in [0.15, 0.2) is 0 Å². The fourth-order valence-corrected chi connectivity index (χ4v) is 8.63. The number of H-pyrrole nitrogens is 2. The van der Waals surface area contributed by atoms with Crippen molar-refractivity contribution in [3.8, 4) is 33.6 Å². The number of aromatic amines is 2. The predicted molar refractivity (Wildman–Crippen MR) is 214 cm³/mol. The van der Waals surface area contributed by atoms with E-state index in [1.807, 2.05) is 30.9 Å². The normalized spacial score (nSPS) is 23.8. The van der Waals surface area contributed by atoms with Gasteiger partial charge in [0.1, 0.15) is 23.2 Å². The molecule has 5 heterocycles. The monoisotopic (exact) mass is 790 g/mol. The number of likely N-dealkylation sites (tertiary alicyclic amines) is 1. The summed E-state index contributed by atoms with van der Waals surface area (Å²) in [6, 6.07) is 15.3. The summed E-state index contributed by atoms with van der Waals surface area (Å²) in [6.45, 7) is 5.64. The number of hydrogen-bond acceptors (Lipinski definition) is 9. The molecular weight excluding hydrogens is 741 g/mol. The summed E-state index contributed by atoms with van der Waals surface area (Å²) >= 11 is 0. The smallest absolute Gasteiger partial charge is 0.407 e. The highest BCUT2D eigenvalue weighted by atomic mass is 16.5. The van der Waals surface area contributed by atoms with Gasteiger partial charge in [-0.1, -0.05) is 74.5 Å². The van der Waals surface area contributed by atoms with Crippen molar-refractivity contribution < 1.29 is 33.4 Å². The molecule has 5 atom stereocenters. The standard InChI is InChI=1S/C43H50N8O7/c1-25(2)35(48-41(54)56-3)39(52)50-19-5-9-33(50)37-44-23-31(45-37)28-15-11-26(12-16-28)27-13-17-29(18-14-27)36-32-24-58-21-7-8-30-22-43(30,49-42(55)57-4)40(53)51-20-6-10-34(51)38(46-32)47-36/h7-8,11-18,23,25,30,33-35H,5-6,9-10,19-22,24H2,1-4H3,(H,44,45)(H,46,47)(H,48,54)(H,49,55)/b8-7+/t30?,33-,34-,35-,43-/m0/s1.